The lowest BCUT2D eigenvalue weighted by molar-refractivity contribution is 0.102. The van der Waals surface area contributed by atoms with Gasteiger partial charge in [0.15, 0.2) is 11.6 Å². The number of ether oxygens (including phenoxy) is 1. The Morgan fingerprint density at radius 1 is 1.20 bits per heavy atom. The smallest absolute Gasteiger partial charge is 0.256 e. The summed E-state index contributed by atoms with van der Waals surface area (Å²) in [5.41, 5.74) is 1.30. The van der Waals surface area contributed by atoms with E-state index in [0.29, 0.717) is 17.2 Å². The number of hydrogen-bond acceptors (Lipinski definition) is 5. The average molecular weight is 356 g/mol. The standard InChI is InChI=1S/C18H14ClN3O3/c1-11-3-2-8-20-18(11)25-14-6-4-12(5-7-14)17(24)22-16-15(23)9-13(19)10-21-16/h2-10,23H,1H3,(H,21,22,24). The van der Waals surface area contributed by atoms with Gasteiger partial charge in [-0.3, -0.25) is 4.79 Å². The van der Waals surface area contributed by atoms with Crippen molar-refractivity contribution in [3.05, 3.63) is 71.0 Å². The zero-order valence-corrected chi connectivity index (χ0v) is 14.0. The number of hydrogen-bond donors (Lipinski definition) is 2. The number of aryl methyl sites for hydroxylation is 1. The summed E-state index contributed by atoms with van der Waals surface area (Å²) in [6.45, 7) is 1.90. The second-order valence-corrected chi connectivity index (χ2v) is 5.66. The Kier molecular flexibility index (Phi) is 4.81. The van der Waals surface area contributed by atoms with E-state index in [-0.39, 0.29) is 16.6 Å². The van der Waals surface area contributed by atoms with Crippen molar-refractivity contribution in [3.63, 3.8) is 0 Å². The Hall–Kier alpha value is -3.12. The minimum Gasteiger partial charge on any atom is -0.504 e. The van der Waals surface area contributed by atoms with Crippen LogP contribution in [0.5, 0.6) is 17.4 Å². The van der Waals surface area contributed by atoms with Gasteiger partial charge in [-0.05, 0) is 37.3 Å². The van der Waals surface area contributed by atoms with E-state index in [2.05, 4.69) is 15.3 Å². The zero-order valence-electron chi connectivity index (χ0n) is 13.2. The molecule has 2 aromatic heterocycles. The molecule has 0 spiro atoms. The Labute approximate surface area is 149 Å². The predicted molar refractivity (Wildman–Crippen MR) is 94.4 cm³/mol. The number of nitrogens with zero attached hydrogens (tertiary/aromatic N) is 2. The first-order chi connectivity index (χ1) is 12.0. The number of carbonyl (C=O) groups excluding carboxylic acids is 1. The normalized spacial score (nSPS) is 10.3. The summed E-state index contributed by atoms with van der Waals surface area (Å²) in [5, 5.41) is 12.5. The summed E-state index contributed by atoms with van der Waals surface area (Å²) < 4.78 is 5.68. The lowest BCUT2D eigenvalue weighted by Crippen LogP contribution is -2.12. The molecule has 126 valence electrons. The molecule has 6 nitrogen and oxygen atoms in total. The number of carbonyl (C=O) groups is 1. The number of nitrogens with one attached hydrogen (secondary N) is 1. The fourth-order valence-corrected chi connectivity index (χ4v) is 2.22. The SMILES string of the molecule is Cc1cccnc1Oc1ccc(C(=O)Nc2ncc(Cl)cc2O)cc1. The highest BCUT2D eigenvalue weighted by molar-refractivity contribution is 6.30. The summed E-state index contributed by atoms with van der Waals surface area (Å²) in [7, 11) is 0. The van der Waals surface area contributed by atoms with Crippen LogP contribution in [0.25, 0.3) is 0 Å². The van der Waals surface area contributed by atoms with Crippen molar-refractivity contribution in [2.45, 2.75) is 6.92 Å². The van der Waals surface area contributed by atoms with Crippen LogP contribution in [-0.2, 0) is 0 Å². The number of halogens is 1. The van der Waals surface area contributed by atoms with Crippen LogP contribution in [0.3, 0.4) is 0 Å². The molecule has 0 radical (unpaired) electrons. The highest BCUT2D eigenvalue weighted by Gasteiger charge is 2.11. The van der Waals surface area contributed by atoms with Gasteiger partial charge in [-0.15, -0.1) is 0 Å². The van der Waals surface area contributed by atoms with Crippen LogP contribution in [0.2, 0.25) is 5.02 Å². The van der Waals surface area contributed by atoms with E-state index >= 15 is 0 Å². The van der Waals surface area contributed by atoms with Crippen molar-refractivity contribution in [1.82, 2.24) is 9.97 Å². The van der Waals surface area contributed by atoms with Gasteiger partial charge in [-0.25, -0.2) is 9.97 Å². The maximum Gasteiger partial charge on any atom is 0.256 e. The third kappa shape index (κ3) is 4.05. The van der Waals surface area contributed by atoms with Crippen LogP contribution >= 0.6 is 11.6 Å². The van der Waals surface area contributed by atoms with Gasteiger partial charge in [0.25, 0.3) is 5.91 Å². The highest BCUT2D eigenvalue weighted by Crippen LogP contribution is 2.25. The number of amides is 1. The maximum absolute atomic E-state index is 12.2. The van der Waals surface area contributed by atoms with E-state index in [1.807, 2.05) is 19.1 Å². The third-order valence-corrected chi connectivity index (χ3v) is 3.57. The Morgan fingerprint density at radius 2 is 1.96 bits per heavy atom. The van der Waals surface area contributed by atoms with Gasteiger partial charge in [0.1, 0.15) is 5.75 Å². The molecular formula is C18H14ClN3O3. The summed E-state index contributed by atoms with van der Waals surface area (Å²) in [4.78, 5) is 20.3. The number of anilines is 1. The Balaban J connectivity index is 1.71. The topological polar surface area (TPSA) is 84.3 Å². The average Bonchev–Trinajstić information content (AvgIpc) is 2.60. The first-order valence-electron chi connectivity index (χ1n) is 7.38. The van der Waals surface area contributed by atoms with Crippen LogP contribution in [0.1, 0.15) is 15.9 Å². The van der Waals surface area contributed by atoms with Crippen LogP contribution in [-0.4, -0.2) is 21.0 Å². The van der Waals surface area contributed by atoms with Crippen LogP contribution in [0, 0.1) is 6.92 Å². The largest absolute Gasteiger partial charge is 0.504 e. The van der Waals surface area contributed by atoms with Gasteiger partial charge in [-0.2, -0.15) is 0 Å². The van der Waals surface area contributed by atoms with Gasteiger partial charge in [0.2, 0.25) is 5.88 Å². The Bertz CT molecular complexity index is 914. The maximum atomic E-state index is 12.2. The molecule has 1 amide bonds. The molecule has 25 heavy (non-hydrogen) atoms. The fraction of sp³-hybridized carbons (Fsp3) is 0.0556. The van der Waals surface area contributed by atoms with Gasteiger partial charge < -0.3 is 15.2 Å². The van der Waals surface area contributed by atoms with Crippen molar-refractivity contribution in [2.75, 3.05) is 5.32 Å². The van der Waals surface area contributed by atoms with Crippen molar-refractivity contribution < 1.29 is 14.6 Å². The molecule has 3 aromatic rings. The molecule has 2 heterocycles. The minimum absolute atomic E-state index is 0.0406. The van der Waals surface area contributed by atoms with E-state index < -0.39 is 5.91 Å². The number of rotatable bonds is 4. The van der Waals surface area contributed by atoms with Crippen LogP contribution in [0.15, 0.2) is 54.9 Å². The molecule has 0 bridgehead atoms. The molecule has 1 aromatic carbocycles. The first kappa shape index (κ1) is 16.7. The van der Waals surface area contributed by atoms with Crippen LogP contribution in [0.4, 0.5) is 5.82 Å². The fourth-order valence-electron chi connectivity index (χ4n) is 2.07. The molecule has 0 saturated heterocycles. The van der Waals surface area contributed by atoms with Crippen molar-refractivity contribution >= 4 is 23.3 Å². The Morgan fingerprint density at radius 3 is 2.64 bits per heavy atom. The lowest BCUT2D eigenvalue weighted by atomic mass is 10.2. The number of pyridine rings is 2. The number of benzene rings is 1. The quantitative estimate of drug-likeness (QED) is 0.733. The van der Waals surface area contributed by atoms with Gasteiger partial charge in [0.05, 0.1) is 5.02 Å². The van der Waals surface area contributed by atoms with Crippen molar-refractivity contribution in [2.24, 2.45) is 0 Å². The molecule has 2 N–H and O–H groups in total. The molecule has 3 rings (SSSR count). The van der Waals surface area contributed by atoms with Gasteiger partial charge in [0, 0.05) is 29.6 Å². The molecule has 0 unspecified atom stereocenters. The van der Waals surface area contributed by atoms with E-state index in [1.165, 1.54) is 12.3 Å². The monoisotopic (exact) mass is 355 g/mol. The van der Waals surface area contributed by atoms with Gasteiger partial charge in [-0.1, -0.05) is 17.7 Å². The predicted octanol–water partition coefficient (Wildman–Crippen LogP) is 4.19. The number of aromatic nitrogens is 2. The van der Waals surface area contributed by atoms with E-state index in [1.54, 1.807) is 30.5 Å². The summed E-state index contributed by atoms with van der Waals surface area (Å²) in [5.74, 6) is 0.497. The van der Waals surface area contributed by atoms with Crippen molar-refractivity contribution in [1.29, 1.82) is 0 Å². The summed E-state index contributed by atoms with van der Waals surface area (Å²) in [6.07, 6.45) is 2.98. The molecule has 0 aliphatic carbocycles. The molecular weight excluding hydrogens is 342 g/mol. The lowest BCUT2D eigenvalue weighted by Gasteiger charge is -2.09. The van der Waals surface area contributed by atoms with E-state index in [0.717, 1.165) is 5.56 Å². The molecule has 0 atom stereocenters. The molecule has 0 saturated carbocycles. The zero-order chi connectivity index (χ0) is 17.8. The molecule has 0 aliphatic rings. The van der Waals surface area contributed by atoms with E-state index in [9.17, 15) is 9.90 Å². The third-order valence-electron chi connectivity index (χ3n) is 3.36. The van der Waals surface area contributed by atoms with E-state index in [4.69, 9.17) is 16.3 Å². The molecule has 0 aliphatic heterocycles. The van der Waals surface area contributed by atoms with Crippen molar-refractivity contribution in [3.8, 4) is 17.4 Å². The molecule has 7 heteroatoms. The molecule has 0 fully saturated rings. The first-order valence-corrected chi connectivity index (χ1v) is 7.76. The minimum atomic E-state index is -0.411. The number of aromatic hydroxyl groups is 1. The second kappa shape index (κ2) is 7.19. The van der Waals surface area contributed by atoms with Gasteiger partial charge >= 0.3 is 0 Å². The summed E-state index contributed by atoms with van der Waals surface area (Å²) >= 11 is 5.71. The summed E-state index contributed by atoms with van der Waals surface area (Å²) in [6, 6.07) is 11.6. The highest BCUT2D eigenvalue weighted by atomic mass is 35.5. The van der Waals surface area contributed by atoms with Crippen LogP contribution < -0.4 is 10.1 Å². The second-order valence-electron chi connectivity index (χ2n) is 5.23.